The van der Waals surface area contributed by atoms with Crippen LogP contribution in [-0.4, -0.2) is 65.3 Å². The lowest BCUT2D eigenvalue weighted by molar-refractivity contribution is 0.0303. The van der Waals surface area contributed by atoms with Gasteiger partial charge in [-0.3, -0.25) is 0 Å². The van der Waals surface area contributed by atoms with E-state index in [9.17, 15) is 9.18 Å². The van der Waals surface area contributed by atoms with Crippen LogP contribution in [0.1, 0.15) is 75.7 Å². The minimum Gasteiger partial charge on any atom is -0.480 e. The van der Waals surface area contributed by atoms with Crippen LogP contribution in [0.5, 0.6) is 5.88 Å². The van der Waals surface area contributed by atoms with Crippen molar-refractivity contribution in [2.45, 2.75) is 81.3 Å². The summed E-state index contributed by atoms with van der Waals surface area (Å²) in [6, 6.07) is 0. The molecule has 0 saturated carbocycles. The van der Waals surface area contributed by atoms with Crippen LogP contribution in [0.25, 0.3) is 10.9 Å². The third-order valence-electron chi connectivity index (χ3n) is 3.91. The Balaban J connectivity index is 0. The van der Waals surface area contributed by atoms with Crippen molar-refractivity contribution in [1.29, 1.82) is 0 Å². The molecule has 0 saturated heterocycles. The summed E-state index contributed by atoms with van der Waals surface area (Å²) in [5.41, 5.74) is -0.546. The molecule has 0 bridgehead atoms. The topological polar surface area (TPSA) is 80.7 Å². The van der Waals surface area contributed by atoms with Crippen LogP contribution in [0.4, 0.5) is 15.0 Å². The molecule has 2 rings (SSSR count). The van der Waals surface area contributed by atoms with Crippen molar-refractivity contribution in [1.82, 2.24) is 19.9 Å². The lowest BCUT2D eigenvalue weighted by atomic mass is 10.2. The second-order valence-electron chi connectivity index (χ2n) is 7.84. The number of halogens is 2. The third-order valence-corrected chi connectivity index (χ3v) is 4.17. The van der Waals surface area contributed by atoms with Gasteiger partial charge in [0.1, 0.15) is 28.6 Å². The Morgan fingerprint density at radius 1 is 1.09 bits per heavy atom. The molecule has 10 heteroatoms. The van der Waals surface area contributed by atoms with Crippen molar-refractivity contribution < 1.29 is 18.7 Å². The Bertz CT molecular complexity index is 878. The highest BCUT2D eigenvalue weighted by Crippen LogP contribution is 2.34. The van der Waals surface area contributed by atoms with Crippen molar-refractivity contribution in [3.63, 3.8) is 0 Å². The Kier molecular flexibility index (Phi) is 17.8. The number of nitrogens with zero attached hydrogens (tertiary/aromatic N) is 5. The van der Waals surface area contributed by atoms with E-state index in [2.05, 4.69) is 28.8 Å². The highest BCUT2D eigenvalue weighted by Gasteiger charge is 2.23. The smallest absolute Gasteiger partial charge is 0.410 e. The summed E-state index contributed by atoms with van der Waals surface area (Å²) in [5, 5.41) is 0.00961. The molecule has 0 aromatic carbocycles. The first-order valence-corrected chi connectivity index (χ1v) is 12.6. The van der Waals surface area contributed by atoms with Crippen molar-refractivity contribution in [2.75, 3.05) is 38.7 Å². The predicted molar refractivity (Wildman–Crippen MR) is 144 cm³/mol. The lowest BCUT2D eigenvalue weighted by Gasteiger charge is -2.28. The first-order valence-electron chi connectivity index (χ1n) is 12.2. The molecule has 0 radical (unpaired) electrons. The molecule has 0 aliphatic rings. The SMILES string of the molecule is CC.CC.CCC.CCN(CCN(C)C(=O)OC(C)(C)C)c1ncnc2c(F)c(Cl)nc(OC)c12. The average Bonchev–Trinajstić information content (AvgIpc) is 2.83. The van der Waals surface area contributed by atoms with Gasteiger partial charge in [0.15, 0.2) is 11.0 Å². The van der Waals surface area contributed by atoms with Gasteiger partial charge >= 0.3 is 6.09 Å². The molecule has 2 aromatic rings. The van der Waals surface area contributed by atoms with Gasteiger partial charge in [-0.15, -0.1) is 0 Å². The summed E-state index contributed by atoms with van der Waals surface area (Å²) >= 11 is 5.83. The van der Waals surface area contributed by atoms with Crippen molar-refractivity contribution in [3.05, 3.63) is 17.3 Å². The number of hydrogen-bond donors (Lipinski definition) is 0. The molecule has 0 unspecified atom stereocenters. The Morgan fingerprint density at radius 2 is 1.63 bits per heavy atom. The van der Waals surface area contributed by atoms with Gasteiger partial charge in [-0.05, 0) is 27.7 Å². The molecule has 202 valence electrons. The molecule has 1 amide bonds. The molecule has 2 aromatic heterocycles. The quantitative estimate of drug-likeness (QED) is 0.382. The number of hydrogen-bond acceptors (Lipinski definition) is 7. The van der Waals surface area contributed by atoms with Crippen molar-refractivity contribution in [3.8, 4) is 5.88 Å². The van der Waals surface area contributed by atoms with E-state index in [0.29, 0.717) is 30.8 Å². The van der Waals surface area contributed by atoms with Crippen LogP contribution < -0.4 is 9.64 Å². The van der Waals surface area contributed by atoms with Crippen molar-refractivity contribution >= 4 is 34.4 Å². The van der Waals surface area contributed by atoms with E-state index in [0.717, 1.165) is 0 Å². The minimum absolute atomic E-state index is 0.0285. The van der Waals surface area contributed by atoms with Crippen LogP contribution in [0.3, 0.4) is 0 Å². The number of rotatable bonds is 6. The molecule has 0 N–H and O–H groups in total. The van der Waals surface area contributed by atoms with E-state index in [1.54, 1.807) is 7.05 Å². The number of anilines is 1. The van der Waals surface area contributed by atoms with Gasteiger partial charge < -0.3 is 19.3 Å². The summed E-state index contributed by atoms with van der Waals surface area (Å²) in [6.45, 7) is 21.0. The zero-order chi connectivity index (χ0) is 27.8. The van der Waals surface area contributed by atoms with Crippen LogP contribution in [-0.2, 0) is 4.74 Å². The van der Waals surface area contributed by atoms with E-state index in [1.165, 1.54) is 24.8 Å². The predicted octanol–water partition coefficient (Wildman–Crippen LogP) is 6.99. The number of likely N-dealkylation sites (N-methyl/N-ethyl adjacent to an activating group) is 2. The number of carbonyl (C=O) groups excluding carboxylic acids is 1. The van der Waals surface area contributed by atoms with E-state index < -0.39 is 17.5 Å². The number of fused-ring (bicyclic) bond motifs is 1. The molecular weight excluding hydrogens is 473 g/mol. The molecular formula is C25H45ClFN5O3. The fourth-order valence-corrected chi connectivity index (χ4v) is 2.70. The largest absolute Gasteiger partial charge is 0.480 e. The maximum Gasteiger partial charge on any atom is 0.410 e. The second kappa shape index (κ2) is 17.9. The Labute approximate surface area is 216 Å². The van der Waals surface area contributed by atoms with Crippen LogP contribution in [0.15, 0.2) is 6.33 Å². The summed E-state index contributed by atoms with van der Waals surface area (Å²) in [6.07, 6.45) is 2.09. The van der Waals surface area contributed by atoms with Gasteiger partial charge in [-0.1, -0.05) is 59.6 Å². The number of amides is 1. The molecule has 0 aliphatic carbocycles. The highest BCUT2D eigenvalue weighted by molar-refractivity contribution is 6.30. The Hall–Kier alpha value is -2.42. The number of carbonyl (C=O) groups is 1. The number of methoxy groups -OCH3 is 1. The summed E-state index contributed by atoms with van der Waals surface area (Å²) < 4.78 is 25.0. The first kappa shape index (κ1) is 34.7. The minimum atomic E-state index is -0.733. The number of pyridine rings is 1. The first-order chi connectivity index (χ1) is 16.5. The summed E-state index contributed by atoms with van der Waals surface area (Å²) in [4.78, 5) is 27.7. The molecule has 35 heavy (non-hydrogen) atoms. The maximum absolute atomic E-state index is 14.4. The Morgan fingerprint density at radius 3 is 2.09 bits per heavy atom. The van der Waals surface area contributed by atoms with Crippen LogP contribution in [0, 0.1) is 5.82 Å². The number of aromatic nitrogens is 3. The standard InChI is InChI=1S/C18H25ClFN5O3.C3H8.2C2H6/c1-7-25(9-8-24(5)17(26)28-18(2,3)4)15-11-13(21-10-22-15)12(20)14(19)23-16(11)27-6;1-3-2;2*1-2/h10H,7-9H2,1-6H3;3H2,1-2H3;2*1-2H3. The monoisotopic (exact) mass is 517 g/mol. The molecule has 0 atom stereocenters. The fraction of sp³-hybridized carbons (Fsp3) is 0.680. The molecule has 0 fully saturated rings. The zero-order valence-electron chi connectivity index (χ0n) is 23.6. The fourth-order valence-electron chi connectivity index (χ4n) is 2.53. The zero-order valence-corrected chi connectivity index (χ0v) is 24.4. The maximum atomic E-state index is 14.4. The molecule has 8 nitrogen and oxygen atoms in total. The number of ether oxygens (including phenoxy) is 2. The van der Waals surface area contributed by atoms with Crippen molar-refractivity contribution in [2.24, 2.45) is 0 Å². The van der Waals surface area contributed by atoms with Gasteiger partial charge in [-0.25, -0.2) is 19.2 Å². The average molecular weight is 518 g/mol. The van der Waals surface area contributed by atoms with Crippen LogP contribution >= 0.6 is 11.6 Å². The van der Waals surface area contributed by atoms with Gasteiger partial charge in [-0.2, -0.15) is 4.98 Å². The molecule has 0 aliphatic heterocycles. The molecule has 0 spiro atoms. The van der Waals surface area contributed by atoms with Gasteiger partial charge in [0.2, 0.25) is 5.88 Å². The van der Waals surface area contributed by atoms with E-state index in [-0.39, 0.29) is 16.5 Å². The lowest BCUT2D eigenvalue weighted by Crippen LogP contribution is -2.39. The van der Waals surface area contributed by atoms with E-state index >= 15 is 0 Å². The van der Waals surface area contributed by atoms with Crippen LogP contribution in [0.2, 0.25) is 5.15 Å². The van der Waals surface area contributed by atoms with Gasteiger partial charge in [0.05, 0.1) is 7.11 Å². The van der Waals surface area contributed by atoms with Gasteiger partial charge in [0.25, 0.3) is 0 Å². The highest BCUT2D eigenvalue weighted by atomic mass is 35.5. The summed E-state index contributed by atoms with van der Waals surface area (Å²) in [5.74, 6) is -0.149. The normalized spacial score (nSPS) is 10.0. The third kappa shape index (κ3) is 11.2. The second-order valence-corrected chi connectivity index (χ2v) is 8.19. The van der Waals surface area contributed by atoms with E-state index in [4.69, 9.17) is 21.1 Å². The van der Waals surface area contributed by atoms with E-state index in [1.807, 2.05) is 60.3 Å². The van der Waals surface area contributed by atoms with Gasteiger partial charge in [0, 0.05) is 26.7 Å². The summed E-state index contributed by atoms with van der Waals surface area (Å²) in [7, 11) is 3.07. The molecule has 2 heterocycles.